The molecule has 0 fully saturated rings. The van der Waals surface area contributed by atoms with Gasteiger partial charge >= 0.3 is 0 Å². The minimum absolute atomic E-state index is 0.869. The van der Waals surface area contributed by atoms with Gasteiger partial charge in [-0.2, -0.15) is 0 Å². The number of hydrogen-bond donors (Lipinski definition) is 0. The van der Waals surface area contributed by atoms with Crippen molar-refractivity contribution in [2.24, 2.45) is 0 Å². The molecule has 1 aliphatic heterocycles. The van der Waals surface area contributed by atoms with Gasteiger partial charge in [0.25, 0.3) is 0 Å². The van der Waals surface area contributed by atoms with E-state index in [0.717, 1.165) is 6.67 Å². The van der Waals surface area contributed by atoms with E-state index in [1.807, 2.05) is 0 Å². The molecule has 4 aromatic carbocycles. The minimum atomic E-state index is 0.869. The molecule has 6 rings (SSSR count). The van der Waals surface area contributed by atoms with Crippen LogP contribution in [0.3, 0.4) is 0 Å². The molecule has 1 aliphatic rings. The maximum Gasteiger partial charge on any atom is 0.0950 e. The highest BCUT2D eigenvalue weighted by atomic mass is 15.4. The Hall–Kier alpha value is -3.72. The summed E-state index contributed by atoms with van der Waals surface area (Å²) in [5, 5.41) is 2.59. The zero-order valence-electron chi connectivity index (χ0n) is 16.3. The molecule has 29 heavy (non-hydrogen) atoms. The fourth-order valence-electron chi connectivity index (χ4n) is 4.58. The van der Waals surface area contributed by atoms with Gasteiger partial charge in [-0.25, -0.2) is 0 Å². The summed E-state index contributed by atoms with van der Waals surface area (Å²) in [5.74, 6) is 0. The third kappa shape index (κ3) is 2.37. The van der Waals surface area contributed by atoms with E-state index in [2.05, 4.69) is 118 Å². The van der Waals surface area contributed by atoms with E-state index < -0.39 is 0 Å². The number of rotatable bonds is 2. The highest BCUT2D eigenvalue weighted by Gasteiger charge is 2.23. The highest BCUT2D eigenvalue weighted by molar-refractivity contribution is 6.09. The predicted molar refractivity (Wildman–Crippen MR) is 123 cm³/mol. The molecule has 0 amide bonds. The lowest BCUT2D eigenvalue weighted by atomic mass is 10.2. The van der Waals surface area contributed by atoms with Crippen molar-refractivity contribution in [3.8, 4) is 5.69 Å². The van der Waals surface area contributed by atoms with Crippen LogP contribution in [0.5, 0.6) is 0 Å². The van der Waals surface area contributed by atoms with Crippen molar-refractivity contribution in [1.82, 2.24) is 4.57 Å². The van der Waals surface area contributed by atoms with E-state index in [1.54, 1.807) is 0 Å². The molecule has 0 bridgehead atoms. The topological polar surface area (TPSA) is 11.4 Å². The van der Waals surface area contributed by atoms with Crippen LogP contribution in [0, 0.1) is 0 Å². The first-order chi connectivity index (χ1) is 14.3. The maximum atomic E-state index is 2.37. The van der Waals surface area contributed by atoms with Gasteiger partial charge in [-0.15, -0.1) is 0 Å². The van der Waals surface area contributed by atoms with Crippen molar-refractivity contribution in [3.63, 3.8) is 0 Å². The molecule has 2 heterocycles. The van der Waals surface area contributed by atoms with Crippen LogP contribution in [0.1, 0.15) is 0 Å². The smallest absolute Gasteiger partial charge is 0.0950 e. The van der Waals surface area contributed by atoms with Gasteiger partial charge in [0.05, 0.1) is 29.1 Å². The van der Waals surface area contributed by atoms with Crippen LogP contribution in [0.2, 0.25) is 0 Å². The lowest BCUT2D eigenvalue weighted by Gasteiger charge is -2.20. The lowest BCUT2D eigenvalue weighted by molar-refractivity contribution is 0.949. The Balaban J connectivity index is 1.48. The second-order valence-electron chi connectivity index (χ2n) is 7.64. The van der Waals surface area contributed by atoms with Gasteiger partial charge in [0.2, 0.25) is 0 Å². The van der Waals surface area contributed by atoms with Crippen LogP contribution in [-0.4, -0.2) is 18.3 Å². The molecule has 0 N–H and O–H groups in total. The monoisotopic (exact) mass is 375 g/mol. The lowest BCUT2D eigenvalue weighted by Crippen LogP contribution is -2.23. The Morgan fingerprint density at radius 2 is 1.07 bits per heavy atom. The number of nitrogens with zero attached hydrogens (tertiary/aromatic N) is 3. The first-order valence-corrected chi connectivity index (χ1v) is 9.97. The molecule has 5 aromatic rings. The predicted octanol–water partition coefficient (Wildman–Crippen LogP) is 6.33. The quantitative estimate of drug-likeness (QED) is 0.357. The zero-order chi connectivity index (χ0) is 19.4. The fraction of sp³-hybridized carbons (Fsp3) is 0.0769. The van der Waals surface area contributed by atoms with Crippen molar-refractivity contribution in [1.29, 1.82) is 0 Å². The van der Waals surface area contributed by atoms with E-state index in [-0.39, 0.29) is 0 Å². The Morgan fingerprint density at radius 1 is 0.552 bits per heavy atom. The Labute approximate surface area is 170 Å². The molecule has 3 heteroatoms. The van der Waals surface area contributed by atoms with E-state index in [1.165, 1.54) is 44.6 Å². The van der Waals surface area contributed by atoms with Crippen molar-refractivity contribution < 1.29 is 0 Å². The molecule has 140 valence electrons. The molecular weight excluding hydrogens is 354 g/mol. The summed E-state index contributed by atoms with van der Waals surface area (Å²) in [6.07, 6.45) is 0. The molecule has 0 radical (unpaired) electrons. The summed E-state index contributed by atoms with van der Waals surface area (Å²) >= 11 is 0. The van der Waals surface area contributed by atoms with Gasteiger partial charge in [0.15, 0.2) is 0 Å². The summed E-state index contributed by atoms with van der Waals surface area (Å²) in [6, 6.07) is 34.8. The van der Waals surface area contributed by atoms with Gasteiger partial charge < -0.3 is 14.4 Å². The third-order valence-electron chi connectivity index (χ3n) is 5.94. The summed E-state index contributed by atoms with van der Waals surface area (Å²) in [7, 11) is 2.14. The fourth-order valence-corrected chi connectivity index (χ4v) is 4.58. The van der Waals surface area contributed by atoms with Gasteiger partial charge in [-0.05, 0) is 48.5 Å². The summed E-state index contributed by atoms with van der Waals surface area (Å²) in [4.78, 5) is 4.65. The largest absolute Gasteiger partial charge is 0.355 e. The van der Waals surface area contributed by atoms with Crippen LogP contribution in [0.15, 0.2) is 97.1 Å². The van der Waals surface area contributed by atoms with Crippen LogP contribution < -0.4 is 9.80 Å². The number of anilines is 3. The number of para-hydroxylation sites is 4. The number of benzene rings is 4. The van der Waals surface area contributed by atoms with Crippen LogP contribution in [0.4, 0.5) is 17.1 Å². The molecule has 0 saturated carbocycles. The van der Waals surface area contributed by atoms with Gasteiger partial charge in [-0.1, -0.05) is 48.5 Å². The van der Waals surface area contributed by atoms with Crippen molar-refractivity contribution in [3.05, 3.63) is 97.1 Å². The minimum Gasteiger partial charge on any atom is -0.355 e. The Bertz CT molecular complexity index is 1290. The first-order valence-electron chi connectivity index (χ1n) is 9.97. The molecule has 1 aromatic heterocycles. The van der Waals surface area contributed by atoms with Gasteiger partial charge in [0, 0.05) is 29.2 Å². The maximum absolute atomic E-state index is 2.37. The van der Waals surface area contributed by atoms with Gasteiger partial charge in [0.1, 0.15) is 0 Å². The second kappa shape index (κ2) is 6.14. The van der Waals surface area contributed by atoms with E-state index in [4.69, 9.17) is 0 Å². The van der Waals surface area contributed by atoms with E-state index in [0.29, 0.717) is 0 Å². The molecular formula is C26H21N3. The van der Waals surface area contributed by atoms with Crippen LogP contribution in [-0.2, 0) is 0 Å². The zero-order valence-corrected chi connectivity index (χ0v) is 16.3. The molecule has 0 atom stereocenters. The Morgan fingerprint density at radius 3 is 1.72 bits per heavy atom. The molecule has 0 saturated heterocycles. The third-order valence-corrected chi connectivity index (χ3v) is 5.94. The summed E-state index contributed by atoms with van der Waals surface area (Å²) in [5.41, 5.74) is 7.43. The average Bonchev–Trinajstić information content (AvgIpc) is 3.30. The normalized spacial score (nSPS) is 13.4. The molecule has 0 spiro atoms. The SMILES string of the molecule is CN1CN(c2ccc(-n3c4ccccc4c4ccccc43)cc2)c2ccccc21. The van der Waals surface area contributed by atoms with Crippen LogP contribution in [0.25, 0.3) is 27.5 Å². The number of hydrogen-bond acceptors (Lipinski definition) is 2. The highest BCUT2D eigenvalue weighted by Crippen LogP contribution is 2.40. The van der Waals surface area contributed by atoms with E-state index >= 15 is 0 Å². The van der Waals surface area contributed by atoms with E-state index in [9.17, 15) is 0 Å². The van der Waals surface area contributed by atoms with Crippen LogP contribution >= 0.6 is 0 Å². The summed E-state index contributed by atoms with van der Waals surface area (Å²) in [6.45, 7) is 0.869. The molecule has 0 unspecified atom stereocenters. The molecule has 3 nitrogen and oxygen atoms in total. The number of aromatic nitrogens is 1. The number of fused-ring (bicyclic) bond motifs is 4. The van der Waals surface area contributed by atoms with Crippen molar-refractivity contribution in [2.45, 2.75) is 0 Å². The van der Waals surface area contributed by atoms with Gasteiger partial charge in [-0.3, -0.25) is 0 Å². The van der Waals surface area contributed by atoms with Crippen molar-refractivity contribution >= 4 is 38.9 Å². The average molecular weight is 375 g/mol. The molecule has 0 aliphatic carbocycles. The first kappa shape index (κ1) is 16.3. The Kier molecular flexibility index (Phi) is 3.44. The summed E-state index contributed by atoms with van der Waals surface area (Å²) < 4.78 is 2.36. The van der Waals surface area contributed by atoms with Crippen molar-refractivity contribution in [2.75, 3.05) is 23.5 Å². The standard InChI is InChI=1S/C26H21N3/c1-27-18-28(26-13-7-6-12-25(26)27)19-14-16-20(17-15-19)29-23-10-4-2-8-21(23)22-9-3-5-11-24(22)29/h2-17H,18H2,1H3. The second-order valence-corrected chi connectivity index (χ2v) is 7.64.